The molecule has 0 aromatic heterocycles. The first kappa shape index (κ1) is 30.4. The highest BCUT2D eigenvalue weighted by molar-refractivity contribution is 5.94. The number of ether oxygens (including phenoxy) is 2. The molecule has 2 N–H and O–H groups in total. The maximum Gasteiger partial charge on any atom is 0.573 e. The van der Waals surface area contributed by atoms with Crippen molar-refractivity contribution in [2.24, 2.45) is 0 Å². The van der Waals surface area contributed by atoms with E-state index in [1.54, 1.807) is 24.3 Å². The second-order valence-electron chi connectivity index (χ2n) is 10.00. The Morgan fingerprint density at radius 2 is 1.57 bits per heavy atom. The molecule has 0 unspecified atom stereocenters. The zero-order valence-corrected chi connectivity index (χ0v) is 22.7. The number of halogens is 3. The monoisotopic (exact) mass is 584 g/mol. The van der Waals surface area contributed by atoms with E-state index in [1.165, 1.54) is 41.9 Å². The van der Waals surface area contributed by atoms with Crippen LogP contribution in [0.1, 0.15) is 65.9 Å². The molecule has 11 heteroatoms. The van der Waals surface area contributed by atoms with Crippen LogP contribution < -0.4 is 19.7 Å². The molecule has 3 aromatic rings. The average Bonchev–Trinajstić information content (AvgIpc) is 2.96. The van der Waals surface area contributed by atoms with E-state index in [0.717, 1.165) is 25.0 Å². The molecule has 1 fully saturated rings. The van der Waals surface area contributed by atoms with Crippen LogP contribution in [0.5, 0.6) is 11.5 Å². The number of carbonyl (C=O) groups excluding carboxylic acids is 2. The first-order valence-corrected chi connectivity index (χ1v) is 13.6. The summed E-state index contributed by atoms with van der Waals surface area (Å²) in [7, 11) is 0. The number of benzene rings is 3. The molecule has 0 bridgehead atoms. The van der Waals surface area contributed by atoms with Crippen LogP contribution in [0.3, 0.4) is 0 Å². The fraction of sp³-hybridized carbons (Fsp3) is 0.323. The third kappa shape index (κ3) is 8.98. The lowest BCUT2D eigenvalue weighted by molar-refractivity contribution is -0.274. The van der Waals surface area contributed by atoms with Gasteiger partial charge in [-0.3, -0.25) is 14.5 Å². The van der Waals surface area contributed by atoms with Crippen molar-refractivity contribution in [3.05, 3.63) is 89.5 Å². The molecule has 1 aliphatic rings. The molecule has 8 nitrogen and oxygen atoms in total. The van der Waals surface area contributed by atoms with Crippen LogP contribution in [-0.4, -0.2) is 36.0 Å². The first-order valence-electron chi connectivity index (χ1n) is 13.6. The molecular formula is C31H31F3N2O6. The summed E-state index contributed by atoms with van der Waals surface area (Å²) < 4.78 is 47.4. The molecule has 2 amide bonds. The summed E-state index contributed by atoms with van der Waals surface area (Å²) in [6.45, 7) is 0.0306. The summed E-state index contributed by atoms with van der Waals surface area (Å²) in [6.07, 6.45) is -0.119. The highest BCUT2D eigenvalue weighted by atomic mass is 19.4. The molecule has 0 heterocycles. The van der Waals surface area contributed by atoms with Crippen molar-refractivity contribution in [1.29, 1.82) is 0 Å². The molecule has 4 rings (SSSR count). The molecule has 0 aliphatic heterocycles. The van der Waals surface area contributed by atoms with Gasteiger partial charge in [0.25, 0.3) is 5.91 Å². The molecule has 1 aliphatic carbocycles. The molecule has 0 saturated heterocycles. The van der Waals surface area contributed by atoms with Gasteiger partial charge in [-0.2, -0.15) is 0 Å². The number of nitrogens with one attached hydrogen (secondary N) is 1. The fourth-order valence-corrected chi connectivity index (χ4v) is 4.84. The quantitative estimate of drug-likeness (QED) is 0.265. The predicted molar refractivity (Wildman–Crippen MR) is 149 cm³/mol. The number of hydrogen-bond donors (Lipinski definition) is 2. The van der Waals surface area contributed by atoms with Crippen LogP contribution in [0.25, 0.3) is 0 Å². The van der Waals surface area contributed by atoms with Crippen LogP contribution in [0.15, 0.2) is 72.8 Å². The number of anilines is 1. The lowest BCUT2D eigenvalue weighted by atomic mass is 9.84. The zero-order valence-electron chi connectivity index (χ0n) is 22.7. The highest BCUT2D eigenvalue weighted by Gasteiger charge is 2.31. The summed E-state index contributed by atoms with van der Waals surface area (Å²) in [5.41, 5.74) is 2.68. The summed E-state index contributed by atoms with van der Waals surface area (Å²) in [5, 5.41) is 11.3. The number of carbonyl (C=O) groups is 3. The maximum absolute atomic E-state index is 13.4. The van der Waals surface area contributed by atoms with Gasteiger partial charge in [0, 0.05) is 23.9 Å². The lowest BCUT2D eigenvalue weighted by Crippen LogP contribution is -2.33. The largest absolute Gasteiger partial charge is 0.573 e. The molecule has 3 aromatic carbocycles. The van der Waals surface area contributed by atoms with Crippen LogP contribution in [0, 0.1) is 0 Å². The Morgan fingerprint density at radius 1 is 0.905 bits per heavy atom. The Bertz CT molecular complexity index is 1370. The van der Waals surface area contributed by atoms with E-state index in [2.05, 4.69) is 10.1 Å². The Hall–Kier alpha value is -4.54. The van der Waals surface area contributed by atoms with E-state index < -0.39 is 30.1 Å². The molecule has 42 heavy (non-hydrogen) atoms. The summed E-state index contributed by atoms with van der Waals surface area (Å²) in [4.78, 5) is 37.7. The number of hydrogen-bond acceptors (Lipinski definition) is 5. The van der Waals surface area contributed by atoms with Gasteiger partial charge in [0.1, 0.15) is 11.5 Å². The van der Waals surface area contributed by atoms with E-state index in [9.17, 15) is 27.6 Å². The molecule has 0 atom stereocenters. The molecule has 1 saturated carbocycles. The third-order valence-electron chi connectivity index (χ3n) is 6.93. The van der Waals surface area contributed by atoms with Gasteiger partial charge in [0.15, 0.2) is 0 Å². The van der Waals surface area contributed by atoms with Crippen molar-refractivity contribution in [2.45, 2.75) is 57.3 Å². The third-order valence-corrected chi connectivity index (χ3v) is 6.93. The minimum Gasteiger partial charge on any atom is -0.481 e. The van der Waals surface area contributed by atoms with Crippen LogP contribution in [0.4, 0.5) is 23.7 Å². The smallest absolute Gasteiger partial charge is 0.481 e. The Labute approximate surface area is 241 Å². The van der Waals surface area contributed by atoms with Gasteiger partial charge in [-0.25, -0.2) is 4.79 Å². The van der Waals surface area contributed by atoms with E-state index in [1.807, 2.05) is 24.3 Å². The number of carboxylic acid groups (broad SMARTS) is 1. The number of nitrogens with zero attached hydrogens (tertiary/aromatic N) is 1. The van der Waals surface area contributed by atoms with Crippen molar-refractivity contribution < 1.29 is 42.1 Å². The zero-order chi connectivity index (χ0) is 30.1. The Morgan fingerprint density at radius 3 is 2.21 bits per heavy atom. The van der Waals surface area contributed by atoms with Gasteiger partial charge in [-0.15, -0.1) is 13.2 Å². The van der Waals surface area contributed by atoms with Crippen LogP contribution in [0.2, 0.25) is 0 Å². The van der Waals surface area contributed by atoms with Gasteiger partial charge in [0.2, 0.25) is 0 Å². The maximum atomic E-state index is 13.4. The fourth-order valence-electron chi connectivity index (χ4n) is 4.84. The van der Waals surface area contributed by atoms with Gasteiger partial charge in [0.05, 0.1) is 13.0 Å². The van der Waals surface area contributed by atoms with Gasteiger partial charge >= 0.3 is 18.4 Å². The number of aliphatic carboxylic acids is 1. The molecule has 0 radical (unpaired) electrons. The molecule has 222 valence electrons. The summed E-state index contributed by atoms with van der Waals surface area (Å²) >= 11 is 0. The van der Waals surface area contributed by atoms with Crippen LogP contribution in [-0.2, 0) is 11.3 Å². The highest BCUT2D eigenvalue weighted by Crippen LogP contribution is 2.34. The minimum absolute atomic E-state index is 0.0123. The van der Waals surface area contributed by atoms with E-state index >= 15 is 0 Å². The molecular weight excluding hydrogens is 553 g/mol. The first-order chi connectivity index (χ1) is 20.1. The summed E-state index contributed by atoms with van der Waals surface area (Å²) in [6, 6.07) is 18.7. The van der Waals surface area contributed by atoms with Gasteiger partial charge in [-0.05, 0) is 66.3 Å². The number of alkyl halides is 3. The topological polar surface area (TPSA) is 105 Å². The second-order valence-corrected chi connectivity index (χ2v) is 10.00. The van der Waals surface area contributed by atoms with E-state index in [-0.39, 0.29) is 25.3 Å². The van der Waals surface area contributed by atoms with Gasteiger partial charge < -0.3 is 19.9 Å². The lowest BCUT2D eigenvalue weighted by Gasteiger charge is -2.25. The van der Waals surface area contributed by atoms with Crippen molar-refractivity contribution >= 4 is 23.7 Å². The number of rotatable bonds is 10. The Kier molecular flexibility index (Phi) is 10.1. The second kappa shape index (κ2) is 13.9. The SMILES string of the molecule is O=C(O)CCNC(=O)c1ccc(CN(C(=O)Oc2cccc(OC(F)(F)F)c2)c2ccc(C3CCCCC3)cc2)cc1. The number of carboxylic acids is 1. The Balaban J connectivity index is 1.53. The summed E-state index contributed by atoms with van der Waals surface area (Å²) in [5.74, 6) is -1.64. The van der Waals surface area contributed by atoms with E-state index in [4.69, 9.17) is 9.84 Å². The van der Waals surface area contributed by atoms with Crippen molar-refractivity contribution in [3.63, 3.8) is 0 Å². The van der Waals surface area contributed by atoms with Crippen LogP contribution >= 0.6 is 0 Å². The molecule has 0 spiro atoms. The standard InChI is InChI=1S/C31H31F3N2O6/c32-31(33,34)42-27-8-4-7-26(19-27)41-30(40)36(25-15-13-23(14-16-25)22-5-2-1-3-6-22)20-21-9-11-24(12-10-21)29(39)35-18-17-28(37)38/h4,7-16,19,22H,1-3,5-6,17-18,20H2,(H,35,39)(H,37,38). The number of amides is 2. The average molecular weight is 585 g/mol. The minimum atomic E-state index is -4.89. The van der Waals surface area contributed by atoms with Crippen molar-refractivity contribution in [1.82, 2.24) is 5.32 Å². The predicted octanol–water partition coefficient (Wildman–Crippen LogP) is 7.04. The normalized spacial score (nSPS) is 13.7. The van der Waals surface area contributed by atoms with E-state index in [0.29, 0.717) is 22.7 Å². The van der Waals surface area contributed by atoms with Gasteiger partial charge in [-0.1, -0.05) is 49.6 Å². The van der Waals surface area contributed by atoms with Crippen molar-refractivity contribution in [3.8, 4) is 11.5 Å². The van der Waals surface area contributed by atoms with Crippen molar-refractivity contribution in [2.75, 3.05) is 11.4 Å².